The summed E-state index contributed by atoms with van der Waals surface area (Å²) in [5, 5.41) is 10.9. The van der Waals surface area contributed by atoms with Crippen LogP contribution in [0.5, 0.6) is 0 Å². The van der Waals surface area contributed by atoms with E-state index in [9.17, 15) is 9.59 Å². The molecule has 1 aliphatic carbocycles. The molecule has 2 aromatic carbocycles. The fourth-order valence-corrected chi connectivity index (χ4v) is 5.60. The van der Waals surface area contributed by atoms with Gasteiger partial charge >= 0.3 is 0 Å². The molecular formula is C27H33Cl2N3O2. The first-order valence-corrected chi connectivity index (χ1v) is 13.0. The summed E-state index contributed by atoms with van der Waals surface area (Å²) in [4.78, 5) is 27.1. The van der Waals surface area contributed by atoms with E-state index in [1.54, 1.807) is 12.1 Å². The summed E-state index contributed by atoms with van der Waals surface area (Å²) in [7, 11) is 0. The van der Waals surface area contributed by atoms with Crippen LogP contribution in [0.25, 0.3) is 0 Å². The third-order valence-corrected chi connectivity index (χ3v) is 7.30. The maximum atomic E-state index is 13.6. The molecule has 3 N–H and O–H groups in total. The summed E-state index contributed by atoms with van der Waals surface area (Å²) in [6, 6.07) is 12.6. The van der Waals surface area contributed by atoms with Gasteiger partial charge in [0.1, 0.15) is 5.54 Å². The van der Waals surface area contributed by atoms with Crippen molar-refractivity contribution < 1.29 is 9.59 Å². The van der Waals surface area contributed by atoms with Crippen molar-refractivity contribution in [2.45, 2.75) is 76.4 Å². The van der Waals surface area contributed by atoms with E-state index >= 15 is 0 Å². The first-order valence-electron chi connectivity index (χ1n) is 12.2. The molecule has 2 aliphatic rings. The van der Waals surface area contributed by atoms with Gasteiger partial charge in [-0.25, -0.2) is 0 Å². The second kappa shape index (κ2) is 10.7. The molecule has 1 aliphatic heterocycles. The minimum absolute atomic E-state index is 0.0405. The number of benzene rings is 2. The Hall–Kier alpha value is -2.08. The van der Waals surface area contributed by atoms with Gasteiger partial charge in [0, 0.05) is 33.8 Å². The SMILES string of the molecule is CC(C)CC(N[C@]1(Cc2cccc(Cl)c2)C(=O)Nc2cc(Cl)ccc21)C(=O)NC1CCCCC1. The van der Waals surface area contributed by atoms with Crippen molar-refractivity contribution in [3.8, 4) is 0 Å². The van der Waals surface area contributed by atoms with Crippen molar-refractivity contribution in [3.63, 3.8) is 0 Å². The second-order valence-corrected chi connectivity index (χ2v) is 10.9. The number of fused-ring (bicyclic) bond motifs is 1. The maximum Gasteiger partial charge on any atom is 0.249 e. The first kappa shape index (κ1) is 25.0. The smallest absolute Gasteiger partial charge is 0.249 e. The first-order chi connectivity index (χ1) is 16.3. The molecule has 182 valence electrons. The Morgan fingerprint density at radius 2 is 1.82 bits per heavy atom. The summed E-state index contributed by atoms with van der Waals surface area (Å²) in [5.74, 6) is 0.0391. The minimum Gasteiger partial charge on any atom is -0.352 e. The molecule has 0 bridgehead atoms. The molecule has 1 unspecified atom stereocenters. The third-order valence-electron chi connectivity index (χ3n) is 6.83. The molecule has 5 nitrogen and oxygen atoms in total. The van der Waals surface area contributed by atoms with Crippen LogP contribution in [0, 0.1) is 5.92 Å². The minimum atomic E-state index is -1.12. The van der Waals surface area contributed by atoms with E-state index in [1.807, 2.05) is 30.3 Å². The predicted molar refractivity (Wildman–Crippen MR) is 138 cm³/mol. The standard InChI is InChI=1S/C27H33Cl2N3O2/c1-17(2)13-24(25(33)30-21-9-4-3-5-10-21)32-27(16-18-7-6-8-19(28)14-18)22-12-11-20(29)15-23(22)31-26(27)34/h6-8,11-12,14-15,17,21,24,32H,3-5,9-10,13,16H2,1-2H3,(H,30,33)(H,31,34)/t24?,27-/m0/s1. The average Bonchev–Trinajstić information content (AvgIpc) is 3.03. The summed E-state index contributed by atoms with van der Waals surface area (Å²) >= 11 is 12.5. The van der Waals surface area contributed by atoms with Crippen LogP contribution in [-0.2, 0) is 21.5 Å². The van der Waals surface area contributed by atoms with Crippen molar-refractivity contribution in [2.75, 3.05) is 5.32 Å². The van der Waals surface area contributed by atoms with Crippen LogP contribution in [0.3, 0.4) is 0 Å². The molecule has 2 atom stereocenters. The number of anilines is 1. The fraction of sp³-hybridized carbons (Fsp3) is 0.481. The highest BCUT2D eigenvalue weighted by molar-refractivity contribution is 6.31. The van der Waals surface area contributed by atoms with Crippen LogP contribution in [0.2, 0.25) is 10.0 Å². The summed E-state index contributed by atoms with van der Waals surface area (Å²) in [6.07, 6.45) is 6.50. The molecule has 0 saturated heterocycles. The zero-order valence-corrected chi connectivity index (χ0v) is 21.3. The van der Waals surface area contributed by atoms with Crippen LogP contribution in [-0.4, -0.2) is 23.9 Å². The highest BCUT2D eigenvalue weighted by Crippen LogP contribution is 2.41. The van der Waals surface area contributed by atoms with E-state index in [2.05, 4.69) is 29.8 Å². The molecule has 4 rings (SSSR count). The molecule has 2 amide bonds. The molecule has 0 spiro atoms. The zero-order chi connectivity index (χ0) is 24.3. The lowest BCUT2D eigenvalue weighted by Crippen LogP contribution is -2.59. The van der Waals surface area contributed by atoms with Crippen molar-refractivity contribution in [3.05, 3.63) is 63.6 Å². The topological polar surface area (TPSA) is 70.2 Å². The van der Waals surface area contributed by atoms with E-state index in [4.69, 9.17) is 23.2 Å². The molecule has 34 heavy (non-hydrogen) atoms. The number of halogens is 2. The lowest BCUT2D eigenvalue weighted by atomic mass is 9.83. The van der Waals surface area contributed by atoms with Gasteiger partial charge in [0.2, 0.25) is 11.8 Å². The van der Waals surface area contributed by atoms with Gasteiger partial charge in [-0.05, 0) is 55.0 Å². The Morgan fingerprint density at radius 3 is 2.53 bits per heavy atom. The van der Waals surface area contributed by atoms with Gasteiger partial charge in [-0.3, -0.25) is 14.9 Å². The molecule has 1 fully saturated rings. The van der Waals surface area contributed by atoms with Crippen LogP contribution in [0.1, 0.15) is 63.5 Å². The van der Waals surface area contributed by atoms with E-state index in [0.717, 1.165) is 36.8 Å². The Kier molecular flexibility index (Phi) is 7.86. The van der Waals surface area contributed by atoms with E-state index in [0.29, 0.717) is 28.6 Å². The number of carbonyl (C=O) groups excluding carboxylic acids is 2. The summed E-state index contributed by atoms with van der Waals surface area (Å²) < 4.78 is 0. The summed E-state index contributed by atoms with van der Waals surface area (Å²) in [5.41, 5.74) is 1.26. The van der Waals surface area contributed by atoms with Gasteiger partial charge in [0.15, 0.2) is 0 Å². The normalized spacial score (nSPS) is 21.3. The molecule has 2 aromatic rings. The summed E-state index contributed by atoms with van der Waals surface area (Å²) in [6.45, 7) is 4.18. The van der Waals surface area contributed by atoms with Crippen molar-refractivity contribution in [1.29, 1.82) is 0 Å². The second-order valence-electron chi connectivity index (χ2n) is 10.0. The van der Waals surface area contributed by atoms with E-state index in [1.165, 1.54) is 6.42 Å². The van der Waals surface area contributed by atoms with Crippen LogP contribution < -0.4 is 16.0 Å². The van der Waals surface area contributed by atoms with Gasteiger partial charge in [-0.1, -0.05) is 74.5 Å². The molecule has 7 heteroatoms. The molecule has 1 saturated carbocycles. The number of rotatable bonds is 8. The van der Waals surface area contributed by atoms with Gasteiger partial charge in [0.05, 0.1) is 6.04 Å². The fourth-order valence-electron chi connectivity index (χ4n) is 5.22. The van der Waals surface area contributed by atoms with Crippen LogP contribution in [0.15, 0.2) is 42.5 Å². The third kappa shape index (κ3) is 5.59. The Labute approximate surface area is 212 Å². The average molecular weight is 502 g/mol. The van der Waals surface area contributed by atoms with Crippen molar-refractivity contribution in [1.82, 2.24) is 10.6 Å². The quantitative estimate of drug-likeness (QED) is 0.425. The van der Waals surface area contributed by atoms with Crippen LogP contribution in [0.4, 0.5) is 5.69 Å². The lowest BCUT2D eigenvalue weighted by molar-refractivity contribution is -0.127. The lowest BCUT2D eigenvalue weighted by Gasteiger charge is -2.35. The number of amides is 2. The predicted octanol–water partition coefficient (Wildman–Crippen LogP) is 5.84. The van der Waals surface area contributed by atoms with Gasteiger partial charge in [-0.15, -0.1) is 0 Å². The van der Waals surface area contributed by atoms with Gasteiger partial charge in [0.25, 0.3) is 0 Å². The Balaban J connectivity index is 1.70. The highest BCUT2D eigenvalue weighted by Gasteiger charge is 2.49. The molecule has 0 radical (unpaired) electrons. The van der Waals surface area contributed by atoms with E-state index in [-0.39, 0.29) is 23.8 Å². The monoisotopic (exact) mass is 501 g/mol. The zero-order valence-electron chi connectivity index (χ0n) is 19.8. The molecule has 0 aromatic heterocycles. The molecular weight excluding hydrogens is 469 g/mol. The van der Waals surface area contributed by atoms with E-state index < -0.39 is 11.6 Å². The number of hydrogen-bond donors (Lipinski definition) is 3. The highest BCUT2D eigenvalue weighted by atomic mass is 35.5. The van der Waals surface area contributed by atoms with Crippen molar-refractivity contribution in [2.24, 2.45) is 5.92 Å². The largest absolute Gasteiger partial charge is 0.352 e. The maximum absolute atomic E-state index is 13.6. The van der Waals surface area contributed by atoms with Crippen LogP contribution >= 0.6 is 23.2 Å². The van der Waals surface area contributed by atoms with Crippen molar-refractivity contribution >= 4 is 40.7 Å². The number of carbonyl (C=O) groups is 2. The van der Waals surface area contributed by atoms with Gasteiger partial charge < -0.3 is 10.6 Å². The molecule has 1 heterocycles. The number of nitrogens with one attached hydrogen (secondary N) is 3. The van der Waals surface area contributed by atoms with Gasteiger partial charge in [-0.2, -0.15) is 0 Å². The Bertz CT molecular complexity index is 1050. The number of hydrogen-bond acceptors (Lipinski definition) is 3. The Morgan fingerprint density at radius 1 is 1.09 bits per heavy atom.